The topological polar surface area (TPSA) is 82.9 Å². The fourth-order valence-corrected chi connectivity index (χ4v) is 6.79. The van der Waals surface area contributed by atoms with Crippen molar-refractivity contribution in [2.24, 2.45) is 0 Å². The summed E-state index contributed by atoms with van der Waals surface area (Å²) in [5, 5.41) is 2.99. The lowest BCUT2D eigenvalue weighted by molar-refractivity contribution is 0.0933. The van der Waals surface area contributed by atoms with Crippen LogP contribution in [0.4, 0.5) is 5.69 Å². The predicted octanol–water partition coefficient (Wildman–Crippen LogP) is 3.99. The van der Waals surface area contributed by atoms with Gasteiger partial charge in [-0.3, -0.25) is 14.0 Å². The standard InChI is InChI=1S/C26H29N3O4S/c1-19-16-20-8-2-3-11-23(20)29(19)34(31,32)22-10-6-9-21(17-22)26(30)27-18-24(25-12-7-15-33-25)28-13-4-5-14-28/h2-3,6-12,15,17,19,24H,4-5,13-14,16,18H2,1H3,(H,27,30)/t19-,24-/m1/s1. The van der Waals surface area contributed by atoms with Crippen molar-refractivity contribution in [3.05, 3.63) is 83.8 Å². The third kappa shape index (κ3) is 4.23. The number of nitrogens with zero attached hydrogens (tertiary/aromatic N) is 2. The van der Waals surface area contributed by atoms with Gasteiger partial charge in [-0.05, 0) is 81.2 Å². The maximum absolute atomic E-state index is 13.6. The second-order valence-corrected chi connectivity index (χ2v) is 10.8. The van der Waals surface area contributed by atoms with Gasteiger partial charge in [-0.2, -0.15) is 0 Å². The van der Waals surface area contributed by atoms with E-state index in [2.05, 4.69) is 10.2 Å². The minimum Gasteiger partial charge on any atom is -0.468 e. The lowest BCUT2D eigenvalue weighted by atomic mass is 10.1. The molecule has 0 aliphatic carbocycles. The molecular formula is C26H29N3O4S. The number of hydrogen-bond acceptors (Lipinski definition) is 5. The van der Waals surface area contributed by atoms with E-state index in [9.17, 15) is 13.2 Å². The van der Waals surface area contributed by atoms with Crippen molar-refractivity contribution in [1.82, 2.24) is 10.2 Å². The normalized spacial score (nSPS) is 19.2. The minimum atomic E-state index is -3.81. The monoisotopic (exact) mass is 479 g/mol. The Morgan fingerprint density at radius 1 is 1.09 bits per heavy atom. The highest BCUT2D eigenvalue weighted by Crippen LogP contribution is 2.36. The largest absolute Gasteiger partial charge is 0.468 e. The number of anilines is 1. The van der Waals surface area contributed by atoms with Gasteiger partial charge in [0.15, 0.2) is 0 Å². The molecule has 1 N–H and O–H groups in total. The van der Waals surface area contributed by atoms with Crippen molar-refractivity contribution in [1.29, 1.82) is 0 Å². The van der Waals surface area contributed by atoms with Crippen LogP contribution in [-0.4, -0.2) is 44.9 Å². The Hall–Kier alpha value is -3.10. The SMILES string of the molecule is C[C@@H]1Cc2ccccc2N1S(=O)(=O)c1cccc(C(=O)NC[C@H](c2ccco2)N2CCCC2)c1. The summed E-state index contributed by atoms with van der Waals surface area (Å²) in [6.45, 7) is 4.22. The van der Waals surface area contributed by atoms with E-state index in [1.54, 1.807) is 24.5 Å². The number of likely N-dealkylation sites (tertiary alicyclic amines) is 1. The van der Waals surface area contributed by atoms with Gasteiger partial charge in [-0.15, -0.1) is 0 Å². The summed E-state index contributed by atoms with van der Waals surface area (Å²) in [6, 6.07) is 17.4. The maximum atomic E-state index is 13.6. The van der Waals surface area contributed by atoms with Crippen LogP contribution in [0, 0.1) is 0 Å². The molecule has 1 saturated heterocycles. The summed E-state index contributed by atoms with van der Waals surface area (Å²) in [7, 11) is -3.81. The maximum Gasteiger partial charge on any atom is 0.264 e. The summed E-state index contributed by atoms with van der Waals surface area (Å²) < 4.78 is 34.2. The summed E-state index contributed by atoms with van der Waals surface area (Å²) >= 11 is 0. The molecule has 1 aromatic heterocycles. The number of nitrogens with one attached hydrogen (secondary N) is 1. The highest BCUT2D eigenvalue weighted by Gasteiger charge is 2.36. The molecule has 1 fully saturated rings. The van der Waals surface area contributed by atoms with Gasteiger partial charge in [0.2, 0.25) is 0 Å². The fraction of sp³-hybridized carbons (Fsp3) is 0.346. The van der Waals surface area contributed by atoms with Crippen LogP contribution in [0.5, 0.6) is 0 Å². The Morgan fingerprint density at radius 3 is 2.65 bits per heavy atom. The Bertz CT molecular complexity index is 1270. The number of carbonyl (C=O) groups excluding carboxylic acids is 1. The quantitative estimate of drug-likeness (QED) is 0.554. The van der Waals surface area contributed by atoms with Crippen molar-refractivity contribution >= 4 is 21.6 Å². The van der Waals surface area contributed by atoms with Crippen LogP contribution in [-0.2, 0) is 16.4 Å². The molecule has 2 atom stereocenters. The van der Waals surface area contributed by atoms with Gasteiger partial charge in [0.25, 0.3) is 15.9 Å². The second kappa shape index (κ2) is 9.27. The first-order valence-electron chi connectivity index (χ1n) is 11.7. The van der Waals surface area contributed by atoms with Crippen molar-refractivity contribution in [3.8, 4) is 0 Å². The Morgan fingerprint density at radius 2 is 1.88 bits per heavy atom. The van der Waals surface area contributed by atoms with Crippen molar-refractivity contribution < 1.29 is 17.6 Å². The van der Waals surface area contributed by atoms with Crippen LogP contribution in [0.25, 0.3) is 0 Å². The van der Waals surface area contributed by atoms with Crippen molar-refractivity contribution in [3.63, 3.8) is 0 Å². The number of benzene rings is 2. The van der Waals surface area contributed by atoms with Crippen LogP contribution in [0.1, 0.15) is 47.5 Å². The van der Waals surface area contributed by atoms with Crippen LogP contribution in [0.3, 0.4) is 0 Å². The molecule has 34 heavy (non-hydrogen) atoms. The van der Waals surface area contributed by atoms with Gasteiger partial charge in [0.1, 0.15) is 5.76 Å². The molecule has 7 nitrogen and oxygen atoms in total. The minimum absolute atomic E-state index is 0.0460. The van der Waals surface area contributed by atoms with E-state index >= 15 is 0 Å². The third-order valence-corrected chi connectivity index (χ3v) is 8.63. The number of para-hydroxylation sites is 1. The van der Waals surface area contributed by atoms with E-state index in [1.165, 1.54) is 10.4 Å². The van der Waals surface area contributed by atoms with E-state index in [1.807, 2.05) is 43.3 Å². The van der Waals surface area contributed by atoms with Crippen molar-refractivity contribution in [2.75, 3.05) is 23.9 Å². The molecule has 3 heterocycles. The second-order valence-electron chi connectivity index (χ2n) is 8.99. The van der Waals surface area contributed by atoms with Gasteiger partial charge in [0, 0.05) is 18.2 Å². The van der Waals surface area contributed by atoms with Crippen LogP contribution in [0.15, 0.2) is 76.2 Å². The average Bonchev–Trinajstić information content (AvgIpc) is 3.60. The number of furan rings is 1. The molecule has 0 radical (unpaired) electrons. The first-order valence-corrected chi connectivity index (χ1v) is 13.2. The number of hydrogen-bond donors (Lipinski definition) is 1. The Labute approximate surface area is 200 Å². The number of sulfonamides is 1. The lowest BCUT2D eigenvalue weighted by Crippen LogP contribution is -2.37. The molecule has 1 amide bonds. The molecular weight excluding hydrogens is 450 g/mol. The molecule has 0 bridgehead atoms. The number of fused-ring (bicyclic) bond motifs is 1. The molecule has 5 rings (SSSR count). The lowest BCUT2D eigenvalue weighted by Gasteiger charge is -2.26. The van der Waals surface area contributed by atoms with Crippen LogP contribution >= 0.6 is 0 Å². The van der Waals surface area contributed by atoms with Gasteiger partial charge >= 0.3 is 0 Å². The first-order chi connectivity index (χ1) is 16.4. The fourth-order valence-electron chi connectivity index (χ4n) is 5.05. The number of carbonyl (C=O) groups is 1. The predicted molar refractivity (Wildman–Crippen MR) is 130 cm³/mol. The first kappa shape index (κ1) is 22.7. The molecule has 2 aliphatic rings. The zero-order valence-corrected chi connectivity index (χ0v) is 20.0. The molecule has 0 saturated carbocycles. The van der Waals surface area contributed by atoms with Gasteiger partial charge in [0.05, 0.1) is 22.9 Å². The van der Waals surface area contributed by atoms with E-state index in [0.29, 0.717) is 24.2 Å². The molecule has 0 unspecified atom stereocenters. The molecule has 8 heteroatoms. The van der Waals surface area contributed by atoms with Gasteiger partial charge in [-0.1, -0.05) is 24.3 Å². The van der Waals surface area contributed by atoms with Crippen LogP contribution in [0.2, 0.25) is 0 Å². The van der Waals surface area contributed by atoms with E-state index in [0.717, 1.165) is 37.3 Å². The van der Waals surface area contributed by atoms with E-state index in [-0.39, 0.29) is 22.9 Å². The molecule has 2 aromatic carbocycles. The highest BCUT2D eigenvalue weighted by atomic mass is 32.2. The molecule has 2 aliphatic heterocycles. The third-order valence-electron chi connectivity index (χ3n) is 6.71. The Kier molecular flexibility index (Phi) is 6.18. The molecule has 178 valence electrons. The van der Waals surface area contributed by atoms with Gasteiger partial charge < -0.3 is 9.73 Å². The van der Waals surface area contributed by atoms with E-state index < -0.39 is 10.0 Å². The summed E-state index contributed by atoms with van der Waals surface area (Å²) in [5.74, 6) is 0.517. The molecule has 0 spiro atoms. The zero-order chi connectivity index (χ0) is 23.7. The zero-order valence-electron chi connectivity index (χ0n) is 19.2. The van der Waals surface area contributed by atoms with Crippen LogP contribution < -0.4 is 9.62 Å². The van der Waals surface area contributed by atoms with Crippen molar-refractivity contribution in [2.45, 2.75) is 43.2 Å². The average molecular weight is 480 g/mol. The van der Waals surface area contributed by atoms with E-state index in [4.69, 9.17) is 4.42 Å². The Balaban J connectivity index is 1.35. The van der Waals surface area contributed by atoms with Gasteiger partial charge in [-0.25, -0.2) is 8.42 Å². The smallest absolute Gasteiger partial charge is 0.264 e. The summed E-state index contributed by atoms with van der Waals surface area (Å²) in [5.41, 5.74) is 2.04. The summed E-state index contributed by atoms with van der Waals surface area (Å²) in [4.78, 5) is 15.5. The number of amides is 1. The highest BCUT2D eigenvalue weighted by molar-refractivity contribution is 7.92. The molecule has 3 aromatic rings. The number of rotatable bonds is 7. The summed E-state index contributed by atoms with van der Waals surface area (Å²) in [6.07, 6.45) is 4.57.